The second-order valence-electron chi connectivity index (χ2n) is 2.59. The van der Waals surface area contributed by atoms with Gasteiger partial charge in [0.05, 0.1) is 5.71 Å². The summed E-state index contributed by atoms with van der Waals surface area (Å²) >= 11 is 3.20. The molecule has 70 valence electrons. The molecule has 1 aromatic rings. The molecule has 0 aliphatic rings. The third kappa shape index (κ3) is 2.52. The average molecular weight is 245 g/mol. The smallest absolute Gasteiger partial charge is 0.124 e. The summed E-state index contributed by atoms with van der Waals surface area (Å²) in [5, 5.41) is 3.59. The Morgan fingerprint density at radius 1 is 1.54 bits per heavy atom. The minimum absolute atomic E-state index is 0.293. The van der Waals surface area contributed by atoms with Gasteiger partial charge in [-0.05, 0) is 24.6 Å². The van der Waals surface area contributed by atoms with Crippen molar-refractivity contribution < 1.29 is 4.39 Å². The first kappa shape index (κ1) is 10.2. The van der Waals surface area contributed by atoms with Crippen molar-refractivity contribution in [1.29, 1.82) is 0 Å². The van der Waals surface area contributed by atoms with Gasteiger partial charge in [0.15, 0.2) is 0 Å². The predicted octanol–water partition coefficient (Wildman–Crippen LogP) is 2.66. The largest absolute Gasteiger partial charge is 0.323 e. The van der Waals surface area contributed by atoms with Crippen LogP contribution in [0.2, 0.25) is 0 Å². The molecule has 2 N–H and O–H groups in total. The topological polar surface area (TPSA) is 38.4 Å². The lowest BCUT2D eigenvalue weighted by Crippen LogP contribution is -2.03. The highest BCUT2D eigenvalue weighted by molar-refractivity contribution is 9.10. The van der Waals surface area contributed by atoms with Crippen LogP contribution in [0.5, 0.6) is 0 Å². The number of hydrazone groups is 1. The number of rotatable bonds is 2. The molecule has 0 fully saturated rings. The number of halogens is 2. The summed E-state index contributed by atoms with van der Waals surface area (Å²) < 4.78 is 13.6. The Balaban J connectivity index is 3.14. The minimum atomic E-state index is -0.293. The molecule has 4 heteroatoms. The Bertz CT molecular complexity index is 316. The Hall–Kier alpha value is -0.900. The summed E-state index contributed by atoms with van der Waals surface area (Å²) in [5.74, 6) is 4.87. The summed E-state index contributed by atoms with van der Waals surface area (Å²) in [7, 11) is 0. The molecule has 0 heterocycles. The number of benzene rings is 1. The molecule has 13 heavy (non-hydrogen) atoms. The van der Waals surface area contributed by atoms with E-state index in [0.717, 1.165) is 5.56 Å². The molecule has 0 radical (unpaired) electrons. The van der Waals surface area contributed by atoms with Crippen LogP contribution in [0, 0.1) is 5.82 Å². The van der Waals surface area contributed by atoms with E-state index in [1.54, 1.807) is 6.07 Å². The molecule has 0 saturated carbocycles. The summed E-state index contributed by atoms with van der Waals surface area (Å²) in [4.78, 5) is 0. The van der Waals surface area contributed by atoms with Gasteiger partial charge in [-0.1, -0.05) is 22.9 Å². The molecule has 2 nitrogen and oxygen atoms in total. The Labute approximate surface area is 84.8 Å². The van der Waals surface area contributed by atoms with E-state index in [2.05, 4.69) is 21.0 Å². The zero-order chi connectivity index (χ0) is 9.84. The number of hydrogen-bond donors (Lipinski definition) is 1. The predicted molar refractivity (Wildman–Crippen MR) is 55.1 cm³/mol. The van der Waals surface area contributed by atoms with Crippen LogP contribution in [0.15, 0.2) is 27.8 Å². The van der Waals surface area contributed by atoms with Crippen LogP contribution in [-0.4, -0.2) is 5.71 Å². The van der Waals surface area contributed by atoms with E-state index >= 15 is 0 Å². The average Bonchev–Trinajstić information content (AvgIpc) is 2.04. The van der Waals surface area contributed by atoms with Crippen LogP contribution in [0.1, 0.15) is 18.9 Å². The molecule has 1 aromatic carbocycles. The first-order valence-electron chi connectivity index (χ1n) is 3.90. The van der Waals surface area contributed by atoms with Crippen molar-refractivity contribution in [3.05, 3.63) is 34.1 Å². The Morgan fingerprint density at radius 2 is 2.23 bits per heavy atom. The van der Waals surface area contributed by atoms with Gasteiger partial charge in [-0.25, -0.2) is 4.39 Å². The fourth-order valence-corrected chi connectivity index (χ4v) is 1.56. The maximum Gasteiger partial charge on any atom is 0.124 e. The Kier molecular flexibility index (Phi) is 3.42. The van der Waals surface area contributed by atoms with Gasteiger partial charge >= 0.3 is 0 Å². The van der Waals surface area contributed by atoms with Gasteiger partial charge in [0.2, 0.25) is 0 Å². The van der Waals surface area contributed by atoms with Crippen LogP contribution >= 0.6 is 15.9 Å². The van der Waals surface area contributed by atoms with Crippen molar-refractivity contribution in [2.45, 2.75) is 13.3 Å². The van der Waals surface area contributed by atoms with Crippen molar-refractivity contribution in [3.8, 4) is 0 Å². The number of hydrogen-bond acceptors (Lipinski definition) is 2. The highest BCUT2D eigenvalue weighted by Gasteiger charge is 2.03. The normalized spacial score (nSPS) is 11.8. The molecule has 0 amide bonds. The van der Waals surface area contributed by atoms with Crippen molar-refractivity contribution >= 4 is 21.6 Å². The molecular weight excluding hydrogens is 235 g/mol. The molecule has 0 aliphatic heterocycles. The van der Waals surface area contributed by atoms with E-state index in [1.165, 1.54) is 12.1 Å². The molecule has 0 aliphatic carbocycles. The zero-order valence-electron chi connectivity index (χ0n) is 7.22. The Morgan fingerprint density at radius 3 is 2.69 bits per heavy atom. The third-order valence-corrected chi connectivity index (χ3v) is 2.14. The molecule has 1 rings (SSSR count). The van der Waals surface area contributed by atoms with E-state index in [4.69, 9.17) is 5.84 Å². The number of nitrogens with zero attached hydrogens (tertiary/aromatic N) is 1. The van der Waals surface area contributed by atoms with Crippen LogP contribution in [0.3, 0.4) is 0 Å². The molecule has 0 aromatic heterocycles. The van der Waals surface area contributed by atoms with Crippen molar-refractivity contribution in [3.63, 3.8) is 0 Å². The summed E-state index contributed by atoms with van der Waals surface area (Å²) in [6.45, 7) is 1.92. The maximum atomic E-state index is 12.9. The molecule has 0 bridgehead atoms. The highest BCUT2D eigenvalue weighted by atomic mass is 79.9. The SMILES string of the molecule is CCC(=NN)c1cc(F)cc(Br)c1. The van der Waals surface area contributed by atoms with Gasteiger partial charge < -0.3 is 5.84 Å². The standard InChI is InChI=1S/C9H10BrFN2/c1-2-9(13-12)6-3-7(10)5-8(11)4-6/h3-5H,2,12H2,1H3. The first-order valence-corrected chi connectivity index (χ1v) is 4.70. The second-order valence-corrected chi connectivity index (χ2v) is 3.50. The fraction of sp³-hybridized carbons (Fsp3) is 0.222. The minimum Gasteiger partial charge on any atom is -0.323 e. The molecule has 0 saturated heterocycles. The number of nitrogens with two attached hydrogens (primary N) is 1. The third-order valence-electron chi connectivity index (χ3n) is 1.69. The lowest BCUT2D eigenvalue weighted by atomic mass is 10.1. The lowest BCUT2D eigenvalue weighted by Gasteiger charge is -2.02. The second kappa shape index (κ2) is 4.37. The van der Waals surface area contributed by atoms with Gasteiger partial charge in [-0.15, -0.1) is 0 Å². The maximum absolute atomic E-state index is 12.9. The zero-order valence-corrected chi connectivity index (χ0v) is 8.81. The van der Waals surface area contributed by atoms with Crippen molar-refractivity contribution in [1.82, 2.24) is 0 Å². The van der Waals surface area contributed by atoms with Gasteiger partial charge in [0.1, 0.15) is 5.82 Å². The van der Waals surface area contributed by atoms with E-state index < -0.39 is 0 Å². The summed E-state index contributed by atoms with van der Waals surface area (Å²) in [6.07, 6.45) is 0.687. The quantitative estimate of drug-likeness (QED) is 0.485. The van der Waals surface area contributed by atoms with Gasteiger partial charge in [-0.2, -0.15) is 5.10 Å². The van der Waals surface area contributed by atoms with Crippen LogP contribution < -0.4 is 5.84 Å². The molecule has 0 atom stereocenters. The van der Waals surface area contributed by atoms with E-state index in [9.17, 15) is 4.39 Å². The van der Waals surface area contributed by atoms with Crippen LogP contribution in [0.25, 0.3) is 0 Å². The van der Waals surface area contributed by atoms with Crippen molar-refractivity contribution in [2.75, 3.05) is 0 Å². The molecule has 0 spiro atoms. The lowest BCUT2D eigenvalue weighted by molar-refractivity contribution is 0.626. The summed E-state index contributed by atoms with van der Waals surface area (Å²) in [6, 6.07) is 4.60. The first-order chi connectivity index (χ1) is 6.17. The van der Waals surface area contributed by atoms with Crippen LogP contribution in [-0.2, 0) is 0 Å². The fourth-order valence-electron chi connectivity index (χ4n) is 1.09. The molecule has 0 unspecified atom stereocenters. The summed E-state index contributed by atoms with van der Waals surface area (Å²) in [5.41, 5.74) is 1.41. The van der Waals surface area contributed by atoms with E-state index in [-0.39, 0.29) is 5.82 Å². The monoisotopic (exact) mass is 244 g/mol. The van der Waals surface area contributed by atoms with E-state index in [0.29, 0.717) is 16.6 Å². The highest BCUT2D eigenvalue weighted by Crippen LogP contribution is 2.16. The van der Waals surface area contributed by atoms with Crippen LogP contribution in [0.4, 0.5) is 4.39 Å². The van der Waals surface area contributed by atoms with Gasteiger partial charge in [0, 0.05) is 10.0 Å². The van der Waals surface area contributed by atoms with Gasteiger partial charge in [-0.3, -0.25) is 0 Å². The van der Waals surface area contributed by atoms with E-state index in [1.807, 2.05) is 6.92 Å². The molecular formula is C9H10BrFN2. The van der Waals surface area contributed by atoms with Crippen molar-refractivity contribution in [2.24, 2.45) is 10.9 Å². The van der Waals surface area contributed by atoms with Gasteiger partial charge in [0.25, 0.3) is 0 Å².